The standard InChI is InChI=1S/C20H26N4O5/c1-4-19-22-18(23-29-19)12-21-20(26)16-11-15(27-3)5-6-17(16)28-14-7-9-24(10-8-14)13(2)25/h5-6,11,14H,4,7-10,12H2,1-3H3,(H,21,26). The van der Waals surface area contributed by atoms with E-state index in [0.29, 0.717) is 48.3 Å². The quantitative estimate of drug-likeness (QED) is 0.754. The molecule has 1 aromatic heterocycles. The summed E-state index contributed by atoms with van der Waals surface area (Å²) in [6, 6.07) is 5.13. The van der Waals surface area contributed by atoms with E-state index in [-0.39, 0.29) is 24.5 Å². The van der Waals surface area contributed by atoms with Crippen molar-refractivity contribution in [1.29, 1.82) is 0 Å². The Hall–Kier alpha value is -3.10. The van der Waals surface area contributed by atoms with Gasteiger partial charge in [0.25, 0.3) is 5.91 Å². The van der Waals surface area contributed by atoms with E-state index in [1.165, 1.54) is 0 Å². The molecule has 0 unspecified atom stereocenters. The largest absolute Gasteiger partial charge is 0.497 e. The first-order valence-corrected chi connectivity index (χ1v) is 9.70. The summed E-state index contributed by atoms with van der Waals surface area (Å²) in [4.78, 5) is 30.3. The SMILES string of the molecule is CCc1nc(CNC(=O)c2cc(OC)ccc2OC2CCN(C(C)=O)CC2)no1. The molecular weight excluding hydrogens is 376 g/mol. The predicted octanol–water partition coefficient (Wildman–Crippen LogP) is 1.96. The number of benzene rings is 1. The summed E-state index contributed by atoms with van der Waals surface area (Å²) in [5.41, 5.74) is 0.373. The van der Waals surface area contributed by atoms with E-state index in [1.807, 2.05) is 6.92 Å². The van der Waals surface area contributed by atoms with Gasteiger partial charge in [-0.05, 0) is 18.2 Å². The van der Waals surface area contributed by atoms with Crippen LogP contribution in [0.3, 0.4) is 0 Å². The third-order valence-electron chi connectivity index (χ3n) is 4.83. The Labute approximate surface area is 169 Å². The van der Waals surface area contributed by atoms with Gasteiger partial charge in [-0.25, -0.2) is 0 Å². The molecule has 9 nitrogen and oxygen atoms in total. The molecule has 0 atom stereocenters. The number of aromatic nitrogens is 2. The number of hydrogen-bond acceptors (Lipinski definition) is 7. The van der Waals surface area contributed by atoms with Crippen LogP contribution in [-0.2, 0) is 17.8 Å². The summed E-state index contributed by atoms with van der Waals surface area (Å²) in [7, 11) is 1.54. The van der Waals surface area contributed by atoms with Gasteiger partial charge in [0.2, 0.25) is 11.8 Å². The fourth-order valence-corrected chi connectivity index (χ4v) is 3.14. The molecule has 1 fully saturated rings. The lowest BCUT2D eigenvalue weighted by Crippen LogP contribution is -2.40. The summed E-state index contributed by atoms with van der Waals surface area (Å²) in [5, 5.41) is 6.63. The van der Waals surface area contributed by atoms with Crippen molar-refractivity contribution < 1.29 is 23.6 Å². The molecule has 0 bridgehead atoms. The van der Waals surface area contributed by atoms with Gasteiger partial charge in [0, 0.05) is 39.3 Å². The van der Waals surface area contributed by atoms with Crippen molar-refractivity contribution in [1.82, 2.24) is 20.4 Å². The van der Waals surface area contributed by atoms with Crippen molar-refractivity contribution >= 4 is 11.8 Å². The second-order valence-corrected chi connectivity index (χ2v) is 6.83. The average molecular weight is 402 g/mol. The maximum absolute atomic E-state index is 12.8. The van der Waals surface area contributed by atoms with Crippen LogP contribution in [0.25, 0.3) is 0 Å². The van der Waals surface area contributed by atoms with Crippen molar-refractivity contribution in [3.8, 4) is 11.5 Å². The Kier molecular flexibility index (Phi) is 6.69. The van der Waals surface area contributed by atoms with Crippen LogP contribution >= 0.6 is 0 Å². The fourth-order valence-electron chi connectivity index (χ4n) is 3.14. The Morgan fingerprint density at radius 2 is 2.07 bits per heavy atom. The van der Waals surface area contributed by atoms with Crippen molar-refractivity contribution in [2.24, 2.45) is 0 Å². The van der Waals surface area contributed by atoms with Gasteiger partial charge in [-0.1, -0.05) is 12.1 Å². The Bertz CT molecular complexity index is 858. The highest BCUT2D eigenvalue weighted by Crippen LogP contribution is 2.27. The lowest BCUT2D eigenvalue weighted by Gasteiger charge is -2.31. The van der Waals surface area contributed by atoms with Gasteiger partial charge >= 0.3 is 0 Å². The molecule has 1 aliphatic rings. The van der Waals surface area contributed by atoms with E-state index in [1.54, 1.807) is 37.1 Å². The topological polar surface area (TPSA) is 107 Å². The highest BCUT2D eigenvalue weighted by molar-refractivity contribution is 5.97. The second kappa shape index (κ2) is 9.40. The van der Waals surface area contributed by atoms with Crippen LogP contribution in [0.1, 0.15) is 48.8 Å². The molecule has 2 aromatic rings. The number of likely N-dealkylation sites (tertiary alicyclic amines) is 1. The summed E-state index contributed by atoms with van der Waals surface area (Å²) >= 11 is 0. The fraction of sp³-hybridized carbons (Fsp3) is 0.500. The molecule has 1 aliphatic heterocycles. The number of nitrogens with one attached hydrogen (secondary N) is 1. The normalized spacial score (nSPS) is 14.5. The van der Waals surface area contributed by atoms with E-state index >= 15 is 0 Å². The molecule has 0 saturated carbocycles. The molecule has 2 heterocycles. The molecule has 29 heavy (non-hydrogen) atoms. The number of carbonyl (C=O) groups is 2. The average Bonchev–Trinajstić information content (AvgIpc) is 3.21. The van der Waals surface area contributed by atoms with E-state index in [4.69, 9.17) is 14.0 Å². The first kappa shape index (κ1) is 20.6. The molecule has 1 N–H and O–H groups in total. The van der Waals surface area contributed by atoms with Gasteiger partial charge in [-0.15, -0.1) is 0 Å². The van der Waals surface area contributed by atoms with Gasteiger partial charge in [0.1, 0.15) is 17.6 Å². The Morgan fingerprint density at radius 3 is 2.69 bits per heavy atom. The highest BCUT2D eigenvalue weighted by Gasteiger charge is 2.24. The molecule has 1 aromatic carbocycles. The van der Waals surface area contributed by atoms with E-state index in [0.717, 1.165) is 12.8 Å². The molecule has 0 aliphatic carbocycles. The number of carbonyl (C=O) groups excluding carboxylic acids is 2. The molecule has 156 valence electrons. The van der Waals surface area contributed by atoms with Crippen LogP contribution in [0.15, 0.2) is 22.7 Å². The van der Waals surface area contributed by atoms with Crippen LogP contribution in [0.5, 0.6) is 11.5 Å². The lowest BCUT2D eigenvalue weighted by atomic mass is 10.1. The number of aryl methyl sites for hydroxylation is 1. The van der Waals surface area contributed by atoms with E-state index in [2.05, 4.69) is 15.5 Å². The minimum atomic E-state index is -0.317. The van der Waals surface area contributed by atoms with Gasteiger partial charge in [-0.2, -0.15) is 4.98 Å². The maximum Gasteiger partial charge on any atom is 0.255 e. The molecule has 0 radical (unpaired) electrons. The highest BCUT2D eigenvalue weighted by atomic mass is 16.5. The van der Waals surface area contributed by atoms with Crippen LogP contribution < -0.4 is 14.8 Å². The first-order chi connectivity index (χ1) is 14.0. The van der Waals surface area contributed by atoms with Crippen LogP contribution in [-0.4, -0.2) is 53.2 Å². The van der Waals surface area contributed by atoms with E-state index in [9.17, 15) is 9.59 Å². The van der Waals surface area contributed by atoms with Crippen molar-refractivity contribution in [2.45, 2.75) is 45.8 Å². The number of hydrogen-bond donors (Lipinski definition) is 1. The van der Waals surface area contributed by atoms with E-state index < -0.39 is 0 Å². The number of piperidine rings is 1. The second-order valence-electron chi connectivity index (χ2n) is 6.83. The van der Waals surface area contributed by atoms with Gasteiger partial charge in [-0.3, -0.25) is 9.59 Å². The molecule has 9 heteroatoms. The number of amides is 2. The zero-order valence-corrected chi connectivity index (χ0v) is 16.9. The smallest absolute Gasteiger partial charge is 0.255 e. The zero-order valence-electron chi connectivity index (χ0n) is 16.9. The summed E-state index contributed by atoms with van der Waals surface area (Å²) in [5.74, 6) is 1.73. The zero-order chi connectivity index (χ0) is 20.8. The third kappa shape index (κ3) is 5.24. The summed E-state index contributed by atoms with van der Waals surface area (Å²) < 4.78 is 16.4. The molecule has 1 saturated heterocycles. The first-order valence-electron chi connectivity index (χ1n) is 9.70. The van der Waals surface area contributed by atoms with Crippen molar-refractivity contribution in [2.75, 3.05) is 20.2 Å². The molecule has 2 amide bonds. The summed E-state index contributed by atoms with van der Waals surface area (Å²) in [6.45, 7) is 4.93. The minimum absolute atomic E-state index is 0.0603. The molecule has 3 rings (SSSR count). The van der Waals surface area contributed by atoms with Gasteiger partial charge in [0.15, 0.2) is 5.82 Å². The number of nitrogens with zero attached hydrogens (tertiary/aromatic N) is 3. The predicted molar refractivity (Wildman–Crippen MR) is 104 cm³/mol. The Balaban J connectivity index is 1.68. The van der Waals surface area contributed by atoms with Crippen LogP contribution in [0.2, 0.25) is 0 Å². The molecule has 0 spiro atoms. The van der Waals surface area contributed by atoms with Gasteiger partial charge < -0.3 is 24.2 Å². The molecular formula is C20H26N4O5. The lowest BCUT2D eigenvalue weighted by molar-refractivity contribution is -0.130. The van der Waals surface area contributed by atoms with Gasteiger partial charge in [0.05, 0.1) is 19.2 Å². The van der Waals surface area contributed by atoms with Crippen molar-refractivity contribution in [3.05, 3.63) is 35.5 Å². The number of methoxy groups -OCH3 is 1. The van der Waals surface area contributed by atoms with Crippen molar-refractivity contribution in [3.63, 3.8) is 0 Å². The number of rotatable bonds is 7. The third-order valence-corrected chi connectivity index (χ3v) is 4.83. The maximum atomic E-state index is 12.8. The minimum Gasteiger partial charge on any atom is -0.497 e. The Morgan fingerprint density at radius 1 is 1.31 bits per heavy atom. The number of ether oxygens (including phenoxy) is 2. The van der Waals surface area contributed by atoms with Crippen LogP contribution in [0.4, 0.5) is 0 Å². The summed E-state index contributed by atoms with van der Waals surface area (Å²) in [6.07, 6.45) is 2.01. The monoisotopic (exact) mass is 402 g/mol. The van der Waals surface area contributed by atoms with Crippen LogP contribution in [0, 0.1) is 0 Å².